The summed E-state index contributed by atoms with van der Waals surface area (Å²) in [5, 5.41) is 0.316. The smallest absolute Gasteiger partial charge is 0.416 e. The molecule has 0 aliphatic heterocycles. The summed E-state index contributed by atoms with van der Waals surface area (Å²) < 4.78 is 44.8. The lowest BCUT2D eigenvalue weighted by Crippen LogP contribution is -2.07. The molecule has 0 N–H and O–H groups in total. The number of esters is 1. The number of ether oxygens (including phenoxy) is 1. The molecule has 4 aromatic rings. The molecule has 3 aromatic carbocycles. The first-order valence-electron chi connectivity index (χ1n) is 9.37. The summed E-state index contributed by atoms with van der Waals surface area (Å²) in [6.07, 6.45) is -4.47. The molecule has 0 spiro atoms. The maximum absolute atomic E-state index is 13.1. The number of hydrogen-bond acceptors (Lipinski definition) is 4. The van der Waals surface area contributed by atoms with E-state index in [9.17, 15) is 18.0 Å². The van der Waals surface area contributed by atoms with Gasteiger partial charge in [0.25, 0.3) is 0 Å². The van der Waals surface area contributed by atoms with Gasteiger partial charge in [0.15, 0.2) is 5.69 Å². The molecule has 7 heteroatoms. The van der Waals surface area contributed by atoms with Gasteiger partial charge in [-0.1, -0.05) is 72.8 Å². The molecule has 0 bridgehead atoms. The summed E-state index contributed by atoms with van der Waals surface area (Å²) in [4.78, 5) is 17.7. The summed E-state index contributed by atoms with van der Waals surface area (Å²) in [5.74, 6) is -0.628. The number of carbonyl (C=O) groups excluding carboxylic acids is 1. The fourth-order valence-electron chi connectivity index (χ4n) is 2.99. The monoisotopic (exact) mass is 439 g/mol. The first-order chi connectivity index (χ1) is 14.9. The second-order valence-electron chi connectivity index (χ2n) is 6.70. The summed E-state index contributed by atoms with van der Waals surface area (Å²) in [5.41, 5.74) is 1.17. The highest BCUT2D eigenvalue weighted by Crippen LogP contribution is 2.38. The van der Waals surface area contributed by atoms with Crippen molar-refractivity contribution in [1.29, 1.82) is 0 Å². The highest BCUT2D eigenvalue weighted by atomic mass is 32.1. The van der Waals surface area contributed by atoms with Crippen LogP contribution in [0.5, 0.6) is 0 Å². The van der Waals surface area contributed by atoms with Crippen LogP contribution in [0.4, 0.5) is 13.2 Å². The van der Waals surface area contributed by atoms with Crippen LogP contribution < -0.4 is 0 Å². The number of carbonyl (C=O) groups is 1. The van der Waals surface area contributed by atoms with Crippen molar-refractivity contribution in [2.45, 2.75) is 12.8 Å². The maximum atomic E-state index is 13.1. The van der Waals surface area contributed by atoms with Gasteiger partial charge in [-0.25, -0.2) is 9.78 Å². The third kappa shape index (κ3) is 4.83. The minimum atomic E-state index is -4.47. The van der Waals surface area contributed by atoms with E-state index in [1.54, 1.807) is 6.07 Å². The second kappa shape index (κ2) is 8.73. The van der Waals surface area contributed by atoms with Gasteiger partial charge in [0.1, 0.15) is 11.6 Å². The molecule has 0 fully saturated rings. The molecule has 0 amide bonds. The molecule has 4 rings (SSSR count). The van der Waals surface area contributed by atoms with Crippen LogP contribution in [0.15, 0.2) is 84.9 Å². The van der Waals surface area contributed by atoms with Crippen LogP contribution in [0.25, 0.3) is 21.0 Å². The third-order valence-electron chi connectivity index (χ3n) is 4.51. The van der Waals surface area contributed by atoms with E-state index in [2.05, 4.69) is 4.98 Å². The Kier molecular flexibility index (Phi) is 5.86. The minimum Gasteiger partial charge on any atom is -0.456 e. The lowest BCUT2D eigenvalue weighted by atomic mass is 10.1. The highest BCUT2D eigenvalue weighted by Gasteiger charge is 2.31. The van der Waals surface area contributed by atoms with Crippen molar-refractivity contribution in [2.24, 2.45) is 0 Å². The molecular weight excluding hydrogens is 423 g/mol. The Morgan fingerprint density at radius 1 is 0.871 bits per heavy atom. The minimum absolute atomic E-state index is 0.0737. The van der Waals surface area contributed by atoms with E-state index in [0.717, 1.165) is 34.6 Å². The van der Waals surface area contributed by atoms with Crippen LogP contribution >= 0.6 is 11.3 Å². The fraction of sp³-hybridized carbons (Fsp3) is 0.0833. The van der Waals surface area contributed by atoms with Crippen molar-refractivity contribution < 1.29 is 22.7 Å². The molecule has 0 radical (unpaired) electrons. The van der Waals surface area contributed by atoms with E-state index in [-0.39, 0.29) is 12.3 Å². The number of thiazole rings is 1. The molecule has 0 aliphatic carbocycles. The molecule has 0 atom stereocenters. The summed E-state index contributed by atoms with van der Waals surface area (Å²) in [7, 11) is 0. The first-order valence-corrected chi connectivity index (χ1v) is 10.2. The summed E-state index contributed by atoms with van der Waals surface area (Å²) in [6, 6.07) is 23.2. The number of halogens is 3. The van der Waals surface area contributed by atoms with Gasteiger partial charge in [-0.05, 0) is 23.3 Å². The van der Waals surface area contributed by atoms with Crippen molar-refractivity contribution in [2.75, 3.05) is 0 Å². The molecule has 0 aliphatic rings. The van der Waals surface area contributed by atoms with Gasteiger partial charge in [0.05, 0.1) is 10.4 Å². The Hall–Kier alpha value is -3.45. The van der Waals surface area contributed by atoms with Gasteiger partial charge in [0.2, 0.25) is 0 Å². The Balaban J connectivity index is 1.71. The Morgan fingerprint density at radius 3 is 2.19 bits per heavy atom. The summed E-state index contributed by atoms with van der Waals surface area (Å²) in [6.45, 7) is 0.0737. The molecule has 156 valence electrons. The molecule has 31 heavy (non-hydrogen) atoms. The molecule has 3 nitrogen and oxygen atoms in total. The Labute approximate surface area is 180 Å². The van der Waals surface area contributed by atoms with Crippen LogP contribution in [-0.4, -0.2) is 11.0 Å². The van der Waals surface area contributed by atoms with Crippen molar-refractivity contribution in [3.05, 3.63) is 102 Å². The van der Waals surface area contributed by atoms with Crippen LogP contribution in [-0.2, 0) is 17.5 Å². The van der Waals surface area contributed by atoms with Crippen LogP contribution in [0.3, 0.4) is 0 Å². The van der Waals surface area contributed by atoms with Crippen molar-refractivity contribution in [1.82, 2.24) is 4.98 Å². The van der Waals surface area contributed by atoms with E-state index < -0.39 is 17.7 Å². The quantitative estimate of drug-likeness (QED) is 0.319. The van der Waals surface area contributed by atoms with Crippen LogP contribution in [0.1, 0.15) is 21.6 Å². The van der Waals surface area contributed by atoms with Gasteiger partial charge >= 0.3 is 12.1 Å². The van der Waals surface area contributed by atoms with Crippen molar-refractivity contribution >= 4 is 17.3 Å². The highest BCUT2D eigenvalue weighted by molar-refractivity contribution is 7.18. The van der Waals surface area contributed by atoms with Gasteiger partial charge < -0.3 is 4.74 Å². The average Bonchev–Trinajstić information content (AvgIpc) is 3.24. The fourth-order valence-corrected chi connectivity index (χ4v) is 4.04. The normalized spacial score (nSPS) is 11.3. The topological polar surface area (TPSA) is 39.2 Å². The predicted octanol–water partition coefficient (Wildman–Crippen LogP) is 6.85. The van der Waals surface area contributed by atoms with Gasteiger partial charge in [-0.2, -0.15) is 13.2 Å². The lowest BCUT2D eigenvalue weighted by Gasteiger charge is -2.07. The number of benzene rings is 3. The average molecular weight is 439 g/mol. The SMILES string of the molecule is O=C(OCc1ccccc1)c1nc(-c2cccc(C(F)(F)F)c2)sc1-c1ccccc1. The van der Waals surface area contributed by atoms with Crippen LogP contribution in [0, 0.1) is 0 Å². The largest absolute Gasteiger partial charge is 0.456 e. The van der Waals surface area contributed by atoms with E-state index in [1.165, 1.54) is 6.07 Å². The Morgan fingerprint density at radius 2 is 1.52 bits per heavy atom. The third-order valence-corrected chi connectivity index (χ3v) is 5.66. The Bertz CT molecular complexity index is 1190. The van der Waals surface area contributed by atoms with Crippen LogP contribution in [0.2, 0.25) is 0 Å². The summed E-state index contributed by atoms with van der Waals surface area (Å²) >= 11 is 1.16. The van der Waals surface area contributed by atoms with Crippen molar-refractivity contribution in [3.63, 3.8) is 0 Å². The first kappa shape index (κ1) is 20.8. The zero-order chi connectivity index (χ0) is 21.8. The number of nitrogens with zero attached hydrogens (tertiary/aromatic N) is 1. The molecule has 1 heterocycles. The van der Waals surface area contributed by atoms with E-state index in [4.69, 9.17) is 4.74 Å². The second-order valence-corrected chi connectivity index (χ2v) is 7.70. The number of alkyl halides is 3. The number of hydrogen-bond donors (Lipinski definition) is 0. The zero-order valence-corrected chi connectivity index (χ0v) is 16.9. The lowest BCUT2D eigenvalue weighted by molar-refractivity contribution is -0.137. The van der Waals surface area contributed by atoms with Gasteiger partial charge in [-0.3, -0.25) is 0 Å². The molecule has 1 aromatic heterocycles. The van der Waals surface area contributed by atoms with Gasteiger partial charge in [-0.15, -0.1) is 11.3 Å². The maximum Gasteiger partial charge on any atom is 0.416 e. The number of aromatic nitrogens is 1. The van der Waals surface area contributed by atoms with E-state index in [0.29, 0.717) is 15.4 Å². The molecular formula is C24H16F3NO2S. The standard InChI is InChI=1S/C24H16F3NO2S/c25-24(26,27)19-13-7-12-18(14-19)22-28-20(21(31-22)17-10-5-2-6-11-17)23(29)30-15-16-8-3-1-4-9-16/h1-14H,15H2. The zero-order valence-electron chi connectivity index (χ0n) is 16.1. The number of rotatable bonds is 5. The van der Waals surface area contributed by atoms with Gasteiger partial charge in [0, 0.05) is 5.56 Å². The predicted molar refractivity (Wildman–Crippen MR) is 114 cm³/mol. The molecule has 0 saturated heterocycles. The molecule has 0 saturated carbocycles. The van der Waals surface area contributed by atoms with E-state index in [1.807, 2.05) is 60.7 Å². The van der Waals surface area contributed by atoms with Crippen molar-refractivity contribution in [3.8, 4) is 21.0 Å². The van der Waals surface area contributed by atoms with E-state index >= 15 is 0 Å². The molecule has 0 unspecified atom stereocenters.